The van der Waals surface area contributed by atoms with Crippen LogP contribution in [0.4, 0.5) is 4.39 Å². The Kier molecular flexibility index (Phi) is 4.12. The van der Waals surface area contributed by atoms with Crippen LogP contribution in [0.2, 0.25) is 0 Å². The van der Waals surface area contributed by atoms with Gasteiger partial charge in [0.2, 0.25) is 0 Å². The van der Waals surface area contributed by atoms with Crippen molar-refractivity contribution in [2.75, 3.05) is 0 Å². The summed E-state index contributed by atoms with van der Waals surface area (Å²) in [6.07, 6.45) is 0. The molecule has 1 aromatic carbocycles. The van der Waals surface area contributed by atoms with E-state index in [2.05, 4.69) is 46.7 Å². The van der Waals surface area contributed by atoms with E-state index < -0.39 is 0 Å². The van der Waals surface area contributed by atoms with Gasteiger partial charge in [-0.3, -0.25) is 0 Å². The van der Waals surface area contributed by atoms with E-state index in [4.69, 9.17) is 12.2 Å². The summed E-state index contributed by atoms with van der Waals surface area (Å²) in [5.74, 6) is 0.437. The van der Waals surface area contributed by atoms with Crippen LogP contribution in [0.5, 0.6) is 0 Å². The van der Waals surface area contributed by atoms with Gasteiger partial charge in [-0.05, 0) is 46.6 Å². The third kappa shape index (κ3) is 2.99. The van der Waals surface area contributed by atoms with Gasteiger partial charge in [-0.15, -0.1) is 0 Å². The lowest BCUT2D eigenvalue weighted by molar-refractivity contribution is 0.563. The van der Waals surface area contributed by atoms with Crippen LogP contribution in [0.15, 0.2) is 22.7 Å². The normalized spacial score (nSPS) is 11.7. The number of hydrogen-bond donors (Lipinski definition) is 1. The molecule has 106 valence electrons. The van der Waals surface area contributed by atoms with Crippen molar-refractivity contribution in [1.29, 1.82) is 0 Å². The smallest absolute Gasteiger partial charge is 0.144 e. The first kappa shape index (κ1) is 15.3. The number of nitrogens with one attached hydrogen (secondary N) is 1. The lowest BCUT2D eigenvalue weighted by Crippen LogP contribution is -2.16. The predicted molar refractivity (Wildman–Crippen MR) is 86.0 cm³/mol. The monoisotopic (exact) mass is 354 g/mol. The van der Waals surface area contributed by atoms with Crippen LogP contribution in [-0.4, -0.2) is 9.97 Å². The van der Waals surface area contributed by atoms with Crippen LogP contribution in [0.3, 0.4) is 0 Å². The average Bonchev–Trinajstić information content (AvgIpc) is 2.34. The molecule has 2 rings (SSSR count). The molecule has 0 aliphatic heterocycles. The second kappa shape index (κ2) is 5.37. The maximum atomic E-state index is 13.4. The summed E-state index contributed by atoms with van der Waals surface area (Å²) in [4.78, 5) is 7.69. The number of aryl methyl sites for hydroxylation is 1. The molecule has 0 fully saturated rings. The van der Waals surface area contributed by atoms with Crippen LogP contribution < -0.4 is 0 Å². The number of nitrogens with zero attached hydrogens (tertiary/aromatic N) is 1. The van der Waals surface area contributed by atoms with Crippen molar-refractivity contribution in [2.24, 2.45) is 0 Å². The van der Waals surface area contributed by atoms with Crippen molar-refractivity contribution in [3.05, 3.63) is 44.4 Å². The van der Waals surface area contributed by atoms with Crippen LogP contribution in [0, 0.1) is 17.4 Å². The molecule has 2 nitrogen and oxygen atoms in total. The number of halogens is 2. The molecular weight excluding hydrogens is 339 g/mol. The first-order valence-corrected chi connectivity index (χ1v) is 7.47. The fourth-order valence-corrected chi connectivity index (χ4v) is 2.88. The summed E-state index contributed by atoms with van der Waals surface area (Å²) in [6.45, 7) is 8.02. The molecule has 0 aliphatic rings. The molecule has 0 unspecified atom stereocenters. The fraction of sp³-hybridized carbons (Fsp3) is 0.333. The Balaban J connectivity index is 2.67. The zero-order valence-electron chi connectivity index (χ0n) is 11.8. The van der Waals surface area contributed by atoms with Gasteiger partial charge in [0.25, 0.3) is 0 Å². The van der Waals surface area contributed by atoms with E-state index in [0.717, 1.165) is 15.7 Å². The molecule has 0 radical (unpaired) electrons. The summed E-state index contributed by atoms with van der Waals surface area (Å²) in [5, 5.41) is 0. The Bertz CT molecular complexity index is 717. The summed E-state index contributed by atoms with van der Waals surface area (Å²) < 4.78 is 14.7. The highest BCUT2D eigenvalue weighted by Gasteiger charge is 2.20. The average molecular weight is 355 g/mol. The summed E-state index contributed by atoms with van der Waals surface area (Å²) in [5.41, 5.74) is 2.30. The molecule has 1 heterocycles. The lowest BCUT2D eigenvalue weighted by Gasteiger charge is -2.21. The first-order valence-electron chi connectivity index (χ1n) is 6.27. The number of hydrogen-bond acceptors (Lipinski definition) is 2. The molecule has 0 saturated carbocycles. The van der Waals surface area contributed by atoms with E-state index in [1.165, 1.54) is 6.07 Å². The minimum Gasteiger partial charge on any atom is -0.342 e. The van der Waals surface area contributed by atoms with Gasteiger partial charge in [0.1, 0.15) is 16.3 Å². The standard InChI is InChI=1S/C15H16BrFN2S/c1-8-7-9(5-6-10(8)17)13-18-12(15(2,3)4)11(16)14(20)19-13/h5-7H,1-4H3,(H,18,19,20). The van der Waals surface area contributed by atoms with Crippen LogP contribution >= 0.6 is 28.1 Å². The molecule has 0 atom stereocenters. The van der Waals surface area contributed by atoms with Crippen molar-refractivity contribution in [3.63, 3.8) is 0 Å². The highest BCUT2D eigenvalue weighted by Crippen LogP contribution is 2.30. The van der Waals surface area contributed by atoms with Gasteiger partial charge in [0.05, 0.1) is 4.47 Å². The molecule has 1 N–H and O–H groups in total. The van der Waals surface area contributed by atoms with E-state index in [9.17, 15) is 4.39 Å². The maximum Gasteiger partial charge on any atom is 0.144 e. The molecule has 0 bridgehead atoms. The van der Waals surface area contributed by atoms with Crippen molar-refractivity contribution in [1.82, 2.24) is 9.97 Å². The number of H-pyrrole nitrogens is 1. The van der Waals surface area contributed by atoms with Crippen LogP contribution in [-0.2, 0) is 5.41 Å². The molecule has 0 amide bonds. The van der Waals surface area contributed by atoms with Gasteiger partial charge in [0, 0.05) is 16.7 Å². The molecule has 0 saturated heterocycles. The second-order valence-electron chi connectivity index (χ2n) is 5.79. The van der Waals surface area contributed by atoms with E-state index in [1.54, 1.807) is 19.1 Å². The third-order valence-corrected chi connectivity index (χ3v) is 4.38. The van der Waals surface area contributed by atoms with Gasteiger partial charge in [-0.1, -0.05) is 33.0 Å². The SMILES string of the molecule is Cc1cc(-c2nc(=S)c(Br)c(C(C)(C)C)[nH]2)ccc1F. The second-order valence-corrected chi connectivity index (χ2v) is 6.97. The lowest BCUT2D eigenvalue weighted by atomic mass is 9.92. The molecule has 0 spiro atoms. The van der Waals surface area contributed by atoms with Crippen LogP contribution in [0.25, 0.3) is 11.4 Å². The number of aromatic nitrogens is 2. The zero-order chi connectivity index (χ0) is 15.1. The van der Waals surface area contributed by atoms with Gasteiger partial charge >= 0.3 is 0 Å². The molecule has 2 aromatic rings. The minimum absolute atomic E-state index is 0.0981. The molecule has 0 aliphatic carbocycles. The molecule has 1 aromatic heterocycles. The Morgan fingerprint density at radius 1 is 1.30 bits per heavy atom. The summed E-state index contributed by atoms with van der Waals surface area (Å²) in [7, 11) is 0. The van der Waals surface area contributed by atoms with E-state index >= 15 is 0 Å². The third-order valence-electron chi connectivity index (χ3n) is 3.05. The van der Waals surface area contributed by atoms with E-state index in [1.807, 2.05) is 0 Å². The largest absolute Gasteiger partial charge is 0.342 e. The summed E-state index contributed by atoms with van der Waals surface area (Å²) >= 11 is 8.79. The molecule has 5 heteroatoms. The minimum atomic E-state index is -0.222. The van der Waals surface area contributed by atoms with Crippen molar-refractivity contribution < 1.29 is 4.39 Å². The Hall–Kier alpha value is -1.07. The van der Waals surface area contributed by atoms with Crippen molar-refractivity contribution >= 4 is 28.1 Å². The quantitative estimate of drug-likeness (QED) is 0.702. The molecular formula is C15H16BrFN2S. The van der Waals surface area contributed by atoms with E-state index in [-0.39, 0.29) is 11.2 Å². The van der Waals surface area contributed by atoms with E-state index in [0.29, 0.717) is 16.0 Å². The van der Waals surface area contributed by atoms with Gasteiger partial charge in [-0.2, -0.15) is 0 Å². The fourth-order valence-electron chi connectivity index (χ4n) is 1.90. The topological polar surface area (TPSA) is 28.7 Å². The highest BCUT2D eigenvalue weighted by atomic mass is 79.9. The Morgan fingerprint density at radius 2 is 1.95 bits per heavy atom. The van der Waals surface area contributed by atoms with Gasteiger partial charge < -0.3 is 4.98 Å². The molecule has 20 heavy (non-hydrogen) atoms. The Morgan fingerprint density at radius 3 is 2.50 bits per heavy atom. The Labute approximate surface area is 131 Å². The maximum absolute atomic E-state index is 13.4. The van der Waals surface area contributed by atoms with Crippen LogP contribution in [0.1, 0.15) is 32.0 Å². The predicted octanol–water partition coefficient (Wildman–Crippen LogP) is 5.31. The van der Waals surface area contributed by atoms with Gasteiger partial charge in [-0.25, -0.2) is 9.37 Å². The number of benzene rings is 1. The number of rotatable bonds is 1. The van der Waals surface area contributed by atoms with Crippen molar-refractivity contribution in [2.45, 2.75) is 33.1 Å². The highest BCUT2D eigenvalue weighted by molar-refractivity contribution is 9.10. The summed E-state index contributed by atoms with van der Waals surface area (Å²) in [6, 6.07) is 4.92. The first-order chi connectivity index (χ1) is 9.20. The number of aromatic amines is 1. The zero-order valence-corrected chi connectivity index (χ0v) is 14.2. The van der Waals surface area contributed by atoms with Gasteiger partial charge in [0.15, 0.2) is 0 Å². The van der Waals surface area contributed by atoms with Crippen molar-refractivity contribution in [3.8, 4) is 11.4 Å².